The monoisotopic (exact) mass is 229 g/mol. The van der Waals surface area contributed by atoms with E-state index in [1.165, 1.54) is 0 Å². The molecule has 0 aliphatic rings. The number of anilines is 2. The minimum Gasteiger partial charge on any atom is -0.396 e. The Labute approximate surface area is 102 Å². The van der Waals surface area contributed by atoms with Crippen molar-refractivity contribution in [3.05, 3.63) is 30.0 Å². The van der Waals surface area contributed by atoms with Crippen LogP contribution >= 0.6 is 0 Å². The second-order valence-electron chi connectivity index (χ2n) is 4.87. The van der Waals surface area contributed by atoms with Gasteiger partial charge >= 0.3 is 0 Å². The first-order valence-electron chi connectivity index (χ1n) is 5.96. The van der Waals surface area contributed by atoms with Gasteiger partial charge in [0.2, 0.25) is 0 Å². The topological polar surface area (TPSA) is 64.9 Å². The van der Waals surface area contributed by atoms with Crippen molar-refractivity contribution in [1.82, 2.24) is 4.98 Å². The quantitative estimate of drug-likeness (QED) is 0.831. The van der Waals surface area contributed by atoms with E-state index in [9.17, 15) is 0 Å². The summed E-state index contributed by atoms with van der Waals surface area (Å²) in [5, 5.41) is 0.935. The van der Waals surface area contributed by atoms with E-state index in [0.717, 1.165) is 16.6 Å². The van der Waals surface area contributed by atoms with Crippen LogP contribution in [-0.2, 0) is 0 Å². The molecule has 1 atom stereocenters. The number of nitrogens with zero attached hydrogens (tertiary/aromatic N) is 1. The fourth-order valence-corrected chi connectivity index (χ4v) is 1.93. The van der Waals surface area contributed by atoms with Crippen LogP contribution in [0.5, 0.6) is 0 Å². The molecule has 0 unspecified atom stereocenters. The lowest BCUT2D eigenvalue weighted by Crippen LogP contribution is -2.10. The normalized spacial score (nSPS) is 13.2. The van der Waals surface area contributed by atoms with Crippen LogP contribution in [-0.4, -0.2) is 4.98 Å². The van der Waals surface area contributed by atoms with Gasteiger partial charge in [-0.1, -0.05) is 39.0 Å². The Kier molecular flexibility index (Phi) is 2.92. The Bertz CT molecular complexity index is 546. The maximum atomic E-state index is 6.10. The van der Waals surface area contributed by atoms with E-state index >= 15 is 0 Å². The molecule has 90 valence electrons. The fraction of sp³-hybridized carbons (Fsp3) is 0.357. The zero-order chi connectivity index (χ0) is 12.6. The number of hydrogen-bond donors (Lipinski definition) is 2. The number of benzene rings is 1. The molecule has 0 saturated heterocycles. The van der Waals surface area contributed by atoms with Crippen LogP contribution in [0.2, 0.25) is 0 Å². The molecule has 17 heavy (non-hydrogen) atoms. The summed E-state index contributed by atoms with van der Waals surface area (Å²) in [5.41, 5.74) is 15.3. The van der Waals surface area contributed by atoms with Crippen LogP contribution in [0.4, 0.5) is 11.4 Å². The van der Waals surface area contributed by atoms with Gasteiger partial charge in [0.25, 0.3) is 0 Å². The van der Waals surface area contributed by atoms with E-state index in [4.69, 9.17) is 11.5 Å². The van der Waals surface area contributed by atoms with Crippen LogP contribution in [0.3, 0.4) is 0 Å². The summed E-state index contributed by atoms with van der Waals surface area (Å²) in [5.74, 6) is 0.798. The number of hydrogen-bond acceptors (Lipinski definition) is 3. The summed E-state index contributed by atoms with van der Waals surface area (Å²) in [6.07, 6.45) is 0. The highest BCUT2D eigenvalue weighted by atomic mass is 14.8. The summed E-state index contributed by atoms with van der Waals surface area (Å²) < 4.78 is 0. The molecule has 3 heteroatoms. The molecule has 0 fully saturated rings. The van der Waals surface area contributed by atoms with Crippen molar-refractivity contribution < 1.29 is 0 Å². The van der Waals surface area contributed by atoms with Crippen molar-refractivity contribution in [2.45, 2.75) is 26.7 Å². The third-order valence-corrected chi connectivity index (χ3v) is 3.43. The maximum Gasteiger partial charge on any atom is 0.0776 e. The minimum atomic E-state index is 0.307. The van der Waals surface area contributed by atoms with Gasteiger partial charge < -0.3 is 11.5 Å². The van der Waals surface area contributed by atoms with Crippen LogP contribution in [0, 0.1) is 5.92 Å². The number of rotatable bonds is 2. The van der Waals surface area contributed by atoms with Crippen LogP contribution in [0.25, 0.3) is 10.9 Å². The molecule has 1 heterocycles. The first kappa shape index (κ1) is 11.7. The van der Waals surface area contributed by atoms with Crippen molar-refractivity contribution in [2.24, 2.45) is 5.92 Å². The summed E-state index contributed by atoms with van der Waals surface area (Å²) in [6.45, 7) is 6.46. The van der Waals surface area contributed by atoms with Crippen molar-refractivity contribution >= 4 is 22.3 Å². The highest BCUT2D eigenvalue weighted by molar-refractivity contribution is 5.96. The molecule has 0 bridgehead atoms. The van der Waals surface area contributed by atoms with Crippen LogP contribution in [0.1, 0.15) is 32.4 Å². The molecule has 0 saturated carbocycles. The minimum absolute atomic E-state index is 0.307. The van der Waals surface area contributed by atoms with Gasteiger partial charge in [0.15, 0.2) is 0 Å². The van der Waals surface area contributed by atoms with Crippen molar-refractivity contribution in [3.63, 3.8) is 0 Å². The number of aromatic nitrogens is 1. The average Bonchev–Trinajstić information content (AvgIpc) is 2.33. The largest absolute Gasteiger partial charge is 0.396 e. The zero-order valence-electron chi connectivity index (χ0n) is 10.6. The van der Waals surface area contributed by atoms with Crippen LogP contribution < -0.4 is 11.5 Å². The second-order valence-corrected chi connectivity index (χ2v) is 4.87. The number of nitrogen functional groups attached to an aromatic ring is 2. The zero-order valence-corrected chi connectivity index (χ0v) is 10.6. The lowest BCUT2D eigenvalue weighted by Gasteiger charge is -2.19. The molecule has 2 rings (SSSR count). The Morgan fingerprint density at radius 2 is 1.65 bits per heavy atom. The van der Waals surface area contributed by atoms with Crippen molar-refractivity contribution in [3.8, 4) is 0 Å². The Morgan fingerprint density at radius 1 is 1.00 bits per heavy atom. The third kappa shape index (κ3) is 1.93. The van der Waals surface area contributed by atoms with E-state index in [2.05, 4.69) is 25.8 Å². The van der Waals surface area contributed by atoms with Gasteiger partial charge in [-0.3, -0.25) is 4.98 Å². The molecule has 0 amide bonds. The number of fused-ring (bicyclic) bond motifs is 1. The van der Waals surface area contributed by atoms with Crippen molar-refractivity contribution in [1.29, 1.82) is 0 Å². The Morgan fingerprint density at radius 3 is 2.29 bits per heavy atom. The average molecular weight is 229 g/mol. The van der Waals surface area contributed by atoms with Gasteiger partial charge in [-0.15, -0.1) is 0 Å². The van der Waals surface area contributed by atoms with Gasteiger partial charge in [0.1, 0.15) is 0 Å². The summed E-state index contributed by atoms with van der Waals surface area (Å²) >= 11 is 0. The maximum absolute atomic E-state index is 6.10. The highest BCUT2D eigenvalue weighted by Crippen LogP contribution is 2.34. The highest BCUT2D eigenvalue weighted by Gasteiger charge is 2.18. The second kappa shape index (κ2) is 4.24. The van der Waals surface area contributed by atoms with E-state index in [-0.39, 0.29) is 0 Å². The van der Waals surface area contributed by atoms with Crippen molar-refractivity contribution in [2.75, 3.05) is 11.5 Å². The molecule has 3 nitrogen and oxygen atoms in total. The predicted octanol–water partition coefficient (Wildman–Crippen LogP) is 3.16. The standard InChI is InChI=1S/C14H19N3/c1-8(2)9(3)14-13(16)12(15)10-6-4-5-7-11(10)17-14/h4-9H,16H2,1-3H3,(H2,15,17)/t9-/m1/s1. The molecule has 1 aromatic heterocycles. The van der Waals surface area contributed by atoms with Gasteiger partial charge in [-0.25, -0.2) is 0 Å². The molecular formula is C14H19N3. The van der Waals surface area contributed by atoms with E-state index in [0.29, 0.717) is 23.2 Å². The van der Waals surface area contributed by atoms with E-state index in [1.807, 2.05) is 24.3 Å². The summed E-state index contributed by atoms with van der Waals surface area (Å²) in [7, 11) is 0. The smallest absolute Gasteiger partial charge is 0.0776 e. The lowest BCUT2D eigenvalue weighted by molar-refractivity contribution is 0.526. The van der Waals surface area contributed by atoms with Gasteiger partial charge in [0.05, 0.1) is 22.6 Å². The number of nitrogens with two attached hydrogens (primary N) is 2. The molecule has 0 radical (unpaired) electrons. The number of para-hydroxylation sites is 1. The summed E-state index contributed by atoms with van der Waals surface area (Å²) in [6, 6.07) is 7.85. The van der Waals surface area contributed by atoms with E-state index < -0.39 is 0 Å². The molecule has 4 N–H and O–H groups in total. The Balaban J connectivity index is 2.70. The first-order valence-corrected chi connectivity index (χ1v) is 5.96. The molecule has 0 spiro atoms. The third-order valence-electron chi connectivity index (χ3n) is 3.43. The first-order chi connectivity index (χ1) is 8.02. The molecule has 0 aliphatic heterocycles. The van der Waals surface area contributed by atoms with Crippen LogP contribution in [0.15, 0.2) is 24.3 Å². The van der Waals surface area contributed by atoms with Gasteiger partial charge in [-0.2, -0.15) is 0 Å². The SMILES string of the molecule is CC(C)[C@@H](C)c1nc2ccccc2c(N)c1N. The Hall–Kier alpha value is -1.77. The molecule has 2 aromatic rings. The summed E-state index contributed by atoms with van der Waals surface area (Å²) in [4.78, 5) is 4.65. The van der Waals surface area contributed by atoms with Gasteiger partial charge in [0, 0.05) is 11.3 Å². The number of pyridine rings is 1. The van der Waals surface area contributed by atoms with Gasteiger partial charge in [-0.05, 0) is 12.0 Å². The lowest BCUT2D eigenvalue weighted by atomic mass is 9.92. The molecule has 0 aliphatic carbocycles. The van der Waals surface area contributed by atoms with E-state index in [1.54, 1.807) is 0 Å². The fourth-order valence-electron chi connectivity index (χ4n) is 1.93. The molecule has 1 aromatic carbocycles. The predicted molar refractivity (Wildman–Crippen MR) is 73.8 cm³/mol. The molecular weight excluding hydrogens is 210 g/mol.